The molecule has 1 aromatic carbocycles. The van der Waals surface area contributed by atoms with Crippen LogP contribution in [0, 0.1) is 0 Å². The average molecular weight is 416 g/mol. The zero-order valence-electron chi connectivity index (χ0n) is 13.6. The standard InChI is InChI=1S/C16H12F8N2O2/c17-13(18)15(21,22)16(23,24)14(19,20)11-10-7(5-9(26-11)12(27)28)6-3-1-2-4-8(6)25-10/h1-4,9,11,13,25-26H,5H2,(H,27,28)/t9-,11+/m0/s1. The van der Waals surface area contributed by atoms with Crippen molar-refractivity contribution >= 4 is 16.9 Å². The number of hydrogen-bond acceptors (Lipinski definition) is 2. The number of aromatic nitrogens is 1. The first-order chi connectivity index (χ1) is 12.8. The third-order valence-electron chi connectivity index (χ3n) is 4.68. The van der Waals surface area contributed by atoms with Gasteiger partial charge in [-0.3, -0.25) is 10.1 Å². The quantitative estimate of drug-likeness (QED) is 0.647. The van der Waals surface area contributed by atoms with Crippen LogP contribution in [0.15, 0.2) is 24.3 Å². The highest BCUT2D eigenvalue weighted by molar-refractivity contribution is 5.86. The summed E-state index contributed by atoms with van der Waals surface area (Å²) in [5.74, 6) is -20.3. The number of alkyl halides is 8. The number of halogens is 8. The molecule has 3 rings (SSSR count). The molecule has 0 radical (unpaired) electrons. The third kappa shape index (κ3) is 2.73. The highest BCUT2D eigenvalue weighted by atomic mass is 19.4. The van der Waals surface area contributed by atoms with Crippen LogP contribution < -0.4 is 5.32 Å². The van der Waals surface area contributed by atoms with E-state index in [0.29, 0.717) is 0 Å². The molecule has 0 amide bonds. The fourth-order valence-corrected chi connectivity index (χ4v) is 3.22. The second-order valence-electron chi connectivity index (χ2n) is 6.38. The Bertz CT molecular complexity index is 911. The minimum Gasteiger partial charge on any atom is -0.480 e. The fraction of sp³-hybridized carbons (Fsp3) is 0.438. The zero-order chi connectivity index (χ0) is 21.1. The molecular formula is C16H12F8N2O2. The van der Waals surface area contributed by atoms with E-state index in [1.807, 2.05) is 0 Å². The molecule has 0 spiro atoms. The lowest BCUT2D eigenvalue weighted by Crippen LogP contribution is -2.63. The summed E-state index contributed by atoms with van der Waals surface area (Å²) < 4.78 is 108. The number of para-hydroxylation sites is 1. The molecule has 4 nitrogen and oxygen atoms in total. The number of H-pyrrole nitrogens is 1. The molecular weight excluding hydrogens is 404 g/mol. The second-order valence-corrected chi connectivity index (χ2v) is 6.38. The van der Waals surface area contributed by atoms with Gasteiger partial charge in [0.2, 0.25) is 0 Å². The Kier molecular flexibility index (Phi) is 4.60. The topological polar surface area (TPSA) is 65.1 Å². The SMILES string of the molecule is O=C(O)[C@@H]1Cc2c([nH]c3ccccc23)[C@H](C(F)(F)C(F)(F)C(F)(F)C(F)F)N1. The van der Waals surface area contributed by atoms with Gasteiger partial charge in [0, 0.05) is 23.0 Å². The first-order valence-corrected chi connectivity index (χ1v) is 7.82. The number of aliphatic carboxylic acids is 1. The van der Waals surface area contributed by atoms with Crippen molar-refractivity contribution < 1.29 is 45.0 Å². The van der Waals surface area contributed by atoms with E-state index in [0.717, 1.165) is 0 Å². The van der Waals surface area contributed by atoms with Gasteiger partial charge in [-0.05, 0) is 11.6 Å². The molecule has 154 valence electrons. The Hall–Kier alpha value is -2.37. The summed E-state index contributed by atoms with van der Waals surface area (Å²) in [6, 6.07) is 0.934. The van der Waals surface area contributed by atoms with Crippen LogP contribution in [0.25, 0.3) is 10.9 Å². The summed E-state index contributed by atoms with van der Waals surface area (Å²) in [7, 11) is 0. The molecule has 0 aliphatic carbocycles. The van der Waals surface area contributed by atoms with Crippen LogP contribution in [0.3, 0.4) is 0 Å². The van der Waals surface area contributed by atoms with E-state index >= 15 is 0 Å². The summed E-state index contributed by atoms with van der Waals surface area (Å²) in [4.78, 5) is 13.7. The average Bonchev–Trinajstić information content (AvgIpc) is 2.98. The maximum Gasteiger partial charge on any atom is 0.379 e. The van der Waals surface area contributed by atoms with Gasteiger partial charge in [0.05, 0.1) is 0 Å². The molecule has 0 saturated heterocycles. The maximum atomic E-state index is 14.5. The molecule has 3 N–H and O–H groups in total. The number of carboxylic acid groups (broad SMARTS) is 1. The fourth-order valence-electron chi connectivity index (χ4n) is 3.22. The molecule has 0 fully saturated rings. The smallest absolute Gasteiger partial charge is 0.379 e. The van der Waals surface area contributed by atoms with Crippen LogP contribution in [-0.4, -0.2) is 46.3 Å². The number of carbonyl (C=O) groups is 1. The number of fused-ring (bicyclic) bond motifs is 3. The number of carboxylic acids is 1. The number of rotatable bonds is 5. The van der Waals surface area contributed by atoms with Gasteiger partial charge < -0.3 is 10.1 Å². The van der Waals surface area contributed by atoms with Gasteiger partial charge >= 0.3 is 30.2 Å². The van der Waals surface area contributed by atoms with Gasteiger partial charge in [0.15, 0.2) is 0 Å². The van der Waals surface area contributed by atoms with Crippen molar-refractivity contribution in [2.24, 2.45) is 0 Å². The second kappa shape index (κ2) is 6.33. The van der Waals surface area contributed by atoms with E-state index in [1.165, 1.54) is 24.3 Å². The van der Waals surface area contributed by atoms with Gasteiger partial charge in [0.1, 0.15) is 12.1 Å². The Labute approximate surface area is 151 Å². The highest BCUT2D eigenvalue weighted by Gasteiger charge is 2.78. The summed E-state index contributed by atoms with van der Waals surface area (Å²) in [6.45, 7) is 0. The summed E-state index contributed by atoms with van der Waals surface area (Å²) in [5, 5.41) is 11.1. The largest absolute Gasteiger partial charge is 0.480 e. The number of hydrogen-bond donors (Lipinski definition) is 3. The predicted octanol–water partition coefficient (Wildman–Crippen LogP) is 3.98. The molecule has 2 aromatic rings. The van der Waals surface area contributed by atoms with Crippen molar-refractivity contribution in [2.45, 2.75) is 42.7 Å². The van der Waals surface area contributed by atoms with E-state index in [1.54, 1.807) is 5.32 Å². The Morgan fingerprint density at radius 1 is 1.11 bits per heavy atom. The molecule has 0 saturated carbocycles. The molecule has 1 aliphatic rings. The van der Waals surface area contributed by atoms with Crippen LogP contribution in [0.5, 0.6) is 0 Å². The minimum atomic E-state index is -6.47. The lowest BCUT2D eigenvalue weighted by molar-refractivity contribution is -0.346. The monoisotopic (exact) mass is 416 g/mol. The molecule has 2 heterocycles. The summed E-state index contributed by atoms with van der Waals surface area (Å²) in [6.07, 6.45) is -5.47. The van der Waals surface area contributed by atoms with Crippen molar-refractivity contribution in [1.82, 2.24) is 10.3 Å². The van der Waals surface area contributed by atoms with Gasteiger partial charge in [0.25, 0.3) is 0 Å². The lowest BCUT2D eigenvalue weighted by atomic mass is 9.87. The normalized spacial score (nSPS) is 21.2. The molecule has 12 heteroatoms. The van der Waals surface area contributed by atoms with Crippen molar-refractivity contribution in [1.29, 1.82) is 0 Å². The van der Waals surface area contributed by atoms with Crippen molar-refractivity contribution in [3.8, 4) is 0 Å². The van der Waals surface area contributed by atoms with E-state index in [9.17, 15) is 39.9 Å². The molecule has 1 aromatic heterocycles. The molecule has 1 aliphatic heterocycles. The molecule has 2 atom stereocenters. The van der Waals surface area contributed by atoms with Crippen molar-refractivity contribution in [3.05, 3.63) is 35.5 Å². The van der Waals surface area contributed by atoms with Crippen molar-refractivity contribution in [3.63, 3.8) is 0 Å². The third-order valence-corrected chi connectivity index (χ3v) is 4.68. The summed E-state index contributed by atoms with van der Waals surface area (Å²) >= 11 is 0. The Balaban J connectivity index is 2.19. The van der Waals surface area contributed by atoms with Crippen LogP contribution in [0.1, 0.15) is 17.3 Å². The zero-order valence-corrected chi connectivity index (χ0v) is 13.6. The van der Waals surface area contributed by atoms with E-state index < -0.39 is 54.4 Å². The van der Waals surface area contributed by atoms with Crippen molar-refractivity contribution in [2.75, 3.05) is 0 Å². The highest BCUT2D eigenvalue weighted by Crippen LogP contribution is 2.54. The number of aromatic amines is 1. The van der Waals surface area contributed by atoms with E-state index in [4.69, 9.17) is 5.11 Å². The van der Waals surface area contributed by atoms with E-state index in [2.05, 4.69) is 4.98 Å². The number of benzene rings is 1. The molecule has 28 heavy (non-hydrogen) atoms. The Morgan fingerprint density at radius 2 is 1.71 bits per heavy atom. The number of nitrogens with one attached hydrogen (secondary N) is 2. The maximum absolute atomic E-state index is 14.5. The lowest BCUT2D eigenvalue weighted by Gasteiger charge is -2.40. The van der Waals surface area contributed by atoms with Crippen LogP contribution >= 0.6 is 0 Å². The first-order valence-electron chi connectivity index (χ1n) is 7.82. The van der Waals surface area contributed by atoms with Gasteiger partial charge in [-0.1, -0.05) is 18.2 Å². The Morgan fingerprint density at radius 3 is 2.29 bits per heavy atom. The molecule has 0 unspecified atom stereocenters. The predicted molar refractivity (Wildman–Crippen MR) is 80.1 cm³/mol. The van der Waals surface area contributed by atoms with Gasteiger partial charge in [-0.15, -0.1) is 0 Å². The first kappa shape index (κ1) is 20.4. The van der Waals surface area contributed by atoms with Crippen LogP contribution in [0.2, 0.25) is 0 Å². The van der Waals surface area contributed by atoms with Gasteiger partial charge in [-0.25, -0.2) is 8.78 Å². The van der Waals surface area contributed by atoms with E-state index in [-0.39, 0.29) is 16.5 Å². The summed E-state index contributed by atoms with van der Waals surface area (Å²) in [5.41, 5.74) is -0.582. The van der Waals surface area contributed by atoms with Crippen LogP contribution in [0.4, 0.5) is 35.1 Å². The minimum absolute atomic E-state index is 0.0948. The van der Waals surface area contributed by atoms with Gasteiger partial charge in [-0.2, -0.15) is 26.3 Å². The van der Waals surface area contributed by atoms with Crippen LogP contribution in [-0.2, 0) is 11.2 Å². The molecule has 0 bridgehead atoms.